The lowest BCUT2D eigenvalue weighted by atomic mass is 10.1. The fraction of sp³-hybridized carbons (Fsp3) is 0.214. The van der Waals surface area contributed by atoms with Crippen molar-refractivity contribution in [1.82, 2.24) is 0 Å². The van der Waals surface area contributed by atoms with E-state index in [2.05, 4.69) is 0 Å². The lowest BCUT2D eigenvalue weighted by molar-refractivity contribution is -0.646. The summed E-state index contributed by atoms with van der Waals surface area (Å²) in [6.07, 6.45) is 1.13. The van der Waals surface area contributed by atoms with Crippen LogP contribution in [0.15, 0.2) is 41.6 Å². The molecule has 2 aromatic rings. The number of benzene rings is 1. The Kier molecular flexibility index (Phi) is 4.01. The van der Waals surface area contributed by atoms with Crippen LogP contribution in [-0.2, 0) is 15.6 Å². The standard InChI is InChI=1S/C14H14ClNO3S/c1-10-5-6-11(2)12(8-10)9-20(18,19)14-13(15)4-3-7-16(14)17/h3-8H,9H2,1-2H3. The van der Waals surface area contributed by atoms with E-state index >= 15 is 0 Å². The molecular weight excluding hydrogens is 298 g/mol. The summed E-state index contributed by atoms with van der Waals surface area (Å²) >= 11 is 5.85. The van der Waals surface area contributed by atoms with Gasteiger partial charge in [-0.05, 0) is 31.0 Å². The number of aryl methyl sites for hydroxylation is 2. The number of pyridine rings is 1. The molecular formula is C14H14ClNO3S. The molecule has 0 bridgehead atoms. The molecule has 0 N–H and O–H groups in total. The van der Waals surface area contributed by atoms with E-state index in [0.29, 0.717) is 10.3 Å². The molecule has 0 saturated heterocycles. The minimum atomic E-state index is -3.80. The zero-order valence-electron chi connectivity index (χ0n) is 11.1. The van der Waals surface area contributed by atoms with Crippen molar-refractivity contribution in [2.45, 2.75) is 24.6 Å². The zero-order valence-corrected chi connectivity index (χ0v) is 12.7. The summed E-state index contributed by atoms with van der Waals surface area (Å²) in [5.74, 6) is -0.244. The van der Waals surface area contributed by atoms with Crippen LogP contribution >= 0.6 is 11.6 Å². The van der Waals surface area contributed by atoms with Gasteiger partial charge in [0.2, 0.25) is 9.84 Å². The summed E-state index contributed by atoms with van der Waals surface area (Å²) in [4.78, 5) is 0. The molecule has 0 saturated carbocycles. The van der Waals surface area contributed by atoms with Crippen molar-refractivity contribution in [2.75, 3.05) is 0 Å². The molecule has 6 heteroatoms. The molecule has 0 atom stereocenters. The van der Waals surface area contributed by atoms with E-state index < -0.39 is 14.9 Å². The maximum absolute atomic E-state index is 12.4. The average Bonchev–Trinajstić information content (AvgIpc) is 2.33. The van der Waals surface area contributed by atoms with Crippen LogP contribution in [0.1, 0.15) is 16.7 Å². The fourth-order valence-corrected chi connectivity index (χ4v) is 4.03. The van der Waals surface area contributed by atoms with Gasteiger partial charge in [-0.3, -0.25) is 0 Å². The Bertz CT molecular complexity index is 737. The van der Waals surface area contributed by atoms with Gasteiger partial charge in [0.15, 0.2) is 6.20 Å². The van der Waals surface area contributed by atoms with Crippen molar-refractivity contribution >= 4 is 21.4 Å². The van der Waals surface area contributed by atoms with Crippen molar-refractivity contribution in [3.63, 3.8) is 0 Å². The molecule has 0 unspecified atom stereocenters. The van der Waals surface area contributed by atoms with Crippen molar-refractivity contribution in [1.29, 1.82) is 0 Å². The van der Waals surface area contributed by atoms with Crippen LogP contribution < -0.4 is 4.73 Å². The number of aromatic nitrogens is 1. The minimum absolute atomic E-state index is 0.0622. The molecule has 1 aromatic heterocycles. The second kappa shape index (κ2) is 5.42. The van der Waals surface area contributed by atoms with Crippen LogP contribution in [0, 0.1) is 19.1 Å². The highest BCUT2D eigenvalue weighted by Crippen LogP contribution is 2.22. The van der Waals surface area contributed by atoms with Gasteiger partial charge in [0.05, 0.1) is 5.75 Å². The van der Waals surface area contributed by atoms with Crippen molar-refractivity contribution in [2.24, 2.45) is 0 Å². The third-order valence-electron chi connectivity index (χ3n) is 3.01. The van der Waals surface area contributed by atoms with E-state index in [4.69, 9.17) is 11.6 Å². The maximum atomic E-state index is 12.4. The van der Waals surface area contributed by atoms with Crippen LogP contribution in [-0.4, -0.2) is 8.42 Å². The molecule has 0 aliphatic rings. The highest BCUT2D eigenvalue weighted by Gasteiger charge is 2.28. The van der Waals surface area contributed by atoms with Crippen LogP contribution in [0.2, 0.25) is 5.02 Å². The Labute approximate surface area is 123 Å². The molecule has 20 heavy (non-hydrogen) atoms. The Morgan fingerprint density at radius 3 is 2.60 bits per heavy atom. The first-order valence-electron chi connectivity index (χ1n) is 5.98. The normalized spacial score (nSPS) is 11.6. The molecule has 4 nitrogen and oxygen atoms in total. The van der Waals surface area contributed by atoms with Crippen LogP contribution in [0.3, 0.4) is 0 Å². The summed E-state index contributed by atoms with van der Waals surface area (Å²) < 4.78 is 25.1. The van der Waals surface area contributed by atoms with Crippen LogP contribution in [0.5, 0.6) is 0 Å². The van der Waals surface area contributed by atoms with E-state index in [1.807, 2.05) is 26.0 Å². The van der Waals surface area contributed by atoms with Gasteiger partial charge < -0.3 is 5.21 Å². The maximum Gasteiger partial charge on any atom is 0.327 e. The van der Waals surface area contributed by atoms with E-state index in [0.717, 1.165) is 17.3 Å². The fourth-order valence-electron chi connectivity index (χ4n) is 1.96. The first-order valence-corrected chi connectivity index (χ1v) is 8.01. The first kappa shape index (κ1) is 14.8. The number of hydrogen-bond donors (Lipinski definition) is 0. The second-order valence-corrected chi connectivity index (χ2v) is 6.99. The van der Waals surface area contributed by atoms with Gasteiger partial charge in [-0.15, -0.1) is 0 Å². The van der Waals surface area contributed by atoms with E-state index in [-0.39, 0.29) is 10.8 Å². The topological polar surface area (TPSA) is 61.1 Å². The predicted molar refractivity (Wildman–Crippen MR) is 77.2 cm³/mol. The van der Waals surface area contributed by atoms with E-state index in [9.17, 15) is 13.6 Å². The smallest absolute Gasteiger partial charge is 0.327 e. The Balaban J connectivity index is 2.49. The van der Waals surface area contributed by atoms with E-state index in [1.165, 1.54) is 12.1 Å². The molecule has 2 rings (SSSR count). The van der Waals surface area contributed by atoms with Crippen molar-refractivity contribution in [3.05, 3.63) is 63.4 Å². The Morgan fingerprint density at radius 2 is 1.95 bits per heavy atom. The molecule has 0 aliphatic heterocycles. The highest BCUT2D eigenvalue weighted by atomic mass is 35.5. The van der Waals surface area contributed by atoms with Gasteiger partial charge in [0.25, 0.3) is 0 Å². The van der Waals surface area contributed by atoms with Gasteiger partial charge in [-0.2, -0.15) is 4.73 Å². The first-order chi connectivity index (χ1) is 9.31. The minimum Gasteiger partial charge on any atom is -0.618 e. The summed E-state index contributed by atoms with van der Waals surface area (Å²) in [5.41, 5.74) is 2.50. The number of nitrogens with zero attached hydrogens (tertiary/aromatic N) is 1. The van der Waals surface area contributed by atoms with Gasteiger partial charge in [0.1, 0.15) is 5.02 Å². The van der Waals surface area contributed by atoms with Gasteiger partial charge in [-0.1, -0.05) is 35.4 Å². The van der Waals surface area contributed by atoms with Crippen molar-refractivity contribution < 1.29 is 13.1 Å². The summed E-state index contributed by atoms with van der Waals surface area (Å²) in [6.45, 7) is 3.72. The SMILES string of the molecule is Cc1ccc(C)c(CS(=O)(=O)c2c(Cl)ccc[n+]2[O-])c1. The van der Waals surface area contributed by atoms with Gasteiger partial charge in [-0.25, -0.2) is 8.42 Å². The second-order valence-electron chi connectivity index (χ2n) is 4.68. The number of hydrogen-bond acceptors (Lipinski definition) is 3. The number of halogens is 1. The Hall–Kier alpha value is -1.59. The molecule has 1 aromatic carbocycles. The molecule has 1 heterocycles. The average molecular weight is 312 g/mol. The largest absolute Gasteiger partial charge is 0.618 e. The Morgan fingerprint density at radius 1 is 1.25 bits per heavy atom. The predicted octanol–water partition coefficient (Wildman–Crippen LogP) is 2.56. The van der Waals surface area contributed by atoms with Gasteiger partial charge >= 0.3 is 5.03 Å². The summed E-state index contributed by atoms with van der Waals surface area (Å²) in [5, 5.41) is 11.2. The van der Waals surface area contributed by atoms with Crippen LogP contribution in [0.25, 0.3) is 0 Å². The molecule has 0 fully saturated rings. The summed E-state index contributed by atoms with van der Waals surface area (Å²) in [6, 6.07) is 8.38. The quantitative estimate of drug-likeness (QED) is 0.646. The van der Waals surface area contributed by atoms with Crippen LogP contribution in [0.4, 0.5) is 0 Å². The zero-order chi connectivity index (χ0) is 14.9. The molecule has 0 spiro atoms. The lowest BCUT2D eigenvalue weighted by Crippen LogP contribution is -2.34. The third kappa shape index (κ3) is 2.94. The molecule has 106 valence electrons. The highest BCUT2D eigenvalue weighted by molar-refractivity contribution is 7.90. The monoisotopic (exact) mass is 311 g/mol. The number of rotatable bonds is 3. The molecule has 0 aliphatic carbocycles. The summed E-state index contributed by atoms with van der Waals surface area (Å²) in [7, 11) is -3.80. The number of sulfone groups is 1. The molecule has 0 amide bonds. The van der Waals surface area contributed by atoms with Gasteiger partial charge in [0, 0.05) is 6.07 Å². The molecule has 0 radical (unpaired) electrons. The van der Waals surface area contributed by atoms with Crippen molar-refractivity contribution in [3.8, 4) is 0 Å². The lowest BCUT2D eigenvalue weighted by Gasteiger charge is -2.09. The third-order valence-corrected chi connectivity index (χ3v) is 5.11. The van der Waals surface area contributed by atoms with E-state index in [1.54, 1.807) is 6.07 Å².